The molecule has 1 saturated heterocycles. The molecule has 2 fully saturated rings. The van der Waals surface area contributed by atoms with Crippen molar-refractivity contribution in [3.8, 4) is 0 Å². The molecule has 1 unspecified atom stereocenters. The van der Waals surface area contributed by atoms with Crippen molar-refractivity contribution < 1.29 is 9.53 Å². The molecule has 1 amide bonds. The van der Waals surface area contributed by atoms with E-state index in [0.29, 0.717) is 31.1 Å². The summed E-state index contributed by atoms with van der Waals surface area (Å²) in [6.45, 7) is 4.01. The van der Waals surface area contributed by atoms with Crippen molar-refractivity contribution in [2.24, 2.45) is 11.3 Å². The summed E-state index contributed by atoms with van der Waals surface area (Å²) in [5.41, 5.74) is 1.49. The van der Waals surface area contributed by atoms with Gasteiger partial charge in [-0.25, -0.2) is 0 Å². The zero-order valence-corrected chi connectivity index (χ0v) is 13.4. The molecule has 0 bridgehead atoms. The fourth-order valence-corrected chi connectivity index (χ4v) is 3.52. The summed E-state index contributed by atoms with van der Waals surface area (Å²) < 4.78 is 5.67. The van der Waals surface area contributed by atoms with Crippen LogP contribution in [0.2, 0.25) is 0 Å². The van der Waals surface area contributed by atoms with Crippen LogP contribution in [0.15, 0.2) is 30.3 Å². The smallest absolute Gasteiger partial charge is 0.226 e. The van der Waals surface area contributed by atoms with Crippen LogP contribution in [0.4, 0.5) is 0 Å². The molecule has 4 heteroatoms. The molecule has 1 saturated carbocycles. The molecule has 1 heterocycles. The minimum absolute atomic E-state index is 0.258. The molecule has 0 radical (unpaired) electrons. The van der Waals surface area contributed by atoms with Crippen molar-refractivity contribution >= 4 is 5.91 Å². The van der Waals surface area contributed by atoms with Gasteiger partial charge in [-0.05, 0) is 43.3 Å². The molecule has 1 aliphatic heterocycles. The Bertz CT molecular complexity index is 497. The molecule has 1 aromatic carbocycles. The second kappa shape index (κ2) is 6.80. The number of amides is 1. The highest BCUT2D eigenvalue weighted by molar-refractivity contribution is 5.82. The number of ether oxygens (including phenoxy) is 1. The summed E-state index contributed by atoms with van der Waals surface area (Å²) in [6.07, 6.45) is 3.40. The molecular weight excluding hydrogens is 276 g/mol. The zero-order valence-electron chi connectivity index (χ0n) is 13.4. The fourth-order valence-electron chi connectivity index (χ4n) is 3.52. The van der Waals surface area contributed by atoms with E-state index in [1.807, 2.05) is 30.1 Å². The van der Waals surface area contributed by atoms with E-state index >= 15 is 0 Å². The van der Waals surface area contributed by atoms with Crippen molar-refractivity contribution in [1.29, 1.82) is 0 Å². The van der Waals surface area contributed by atoms with Crippen LogP contribution in [0.5, 0.6) is 0 Å². The van der Waals surface area contributed by atoms with Gasteiger partial charge in [0, 0.05) is 19.5 Å². The summed E-state index contributed by atoms with van der Waals surface area (Å²) >= 11 is 0. The highest BCUT2D eigenvalue weighted by Crippen LogP contribution is 2.59. The Morgan fingerprint density at radius 1 is 1.32 bits per heavy atom. The molecule has 1 spiro atoms. The highest BCUT2D eigenvalue weighted by Gasteiger charge is 2.58. The monoisotopic (exact) mass is 302 g/mol. The summed E-state index contributed by atoms with van der Waals surface area (Å²) in [7, 11) is 1.90. The van der Waals surface area contributed by atoms with Crippen molar-refractivity contribution in [2.75, 3.05) is 33.3 Å². The molecular formula is C18H26N2O2. The van der Waals surface area contributed by atoms with Gasteiger partial charge >= 0.3 is 0 Å². The number of likely N-dealkylation sites (N-methyl/N-ethyl adjacent to an activating group) is 1. The van der Waals surface area contributed by atoms with E-state index in [4.69, 9.17) is 4.74 Å². The lowest BCUT2D eigenvalue weighted by Crippen LogP contribution is -2.36. The highest BCUT2D eigenvalue weighted by atomic mass is 16.5. The van der Waals surface area contributed by atoms with E-state index in [1.165, 1.54) is 5.56 Å². The maximum absolute atomic E-state index is 12.5. The van der Waals surface area contributed by atoms with Crippen molar-refractivity contribution in [3.63, 3.8) is 0 Å². The Morgan fingerprint density at radius 3 is 2.77 bits per heavy atom. The summed E-state index contributed by atoms with van der Waals surface area (Å²) in [5.74, 6) is 0.568. The predicted octanol–water partition coefficient (Wildman–Crippen LogP) is 2.05. The number of nitrogens with one attached hydrogen (secondary N) is 1. The quantitative estimate of drug-likeness (QED) is 0.818. The molecule has 22 heavy (non-hydrogen) atoms. The maximum atomic E-state index is 12.5. The second-order valence-corrected chi connectivity index (χ2v) is 6.67. The maximum Gasteiger partial charge on any atom is 0.226 e. The molecule has 1 atom stereocenters. The van der Waals surface area contributed by atoms with E-state index < -0.39 is 0 Å². The number of carbonyl (C=O) groups is 1. The van der Waals surface area contributed by atoms with Crippen LogP contribution < -0.4 is 5.32 Å². The van der Waals surface area contributed by atoms with Gasteiger partial charge in [-0.2, -0.15) is 0 Å². The Labute approximate surface area is 132 Å². The SMILES string of the molecule is CN(CCOCc1ccccc1)C(=O)C1CC12CCNCC2. The van der Waals surface area contributed by atoms with Crippen LogP contribution in [0, 0.1) is 11.3 Å². The Morgan fingerprint density at radius 2 is 2.05 bits per heavy atom. The molecule has 3 rings (SSSR count). The molecule has 0 aromatic heterocycles. The van der Waals surface area contributed by atoms with Gasteiger partial charge < -0.3 is 15.0 Å². The van der Waals surface area contributed by atoms with Crippen LogP contribution in [0.1, 0.15) is 24.8 Å². The number of nitrogens with zero attached hydrogens (tertiary/aromatic N) is 1. The lowest BCUT2D eigenvalue weighted by Gasteiger charge is -2.25. The number of benzene rings is 1. The van der Waals surface area contributed by atoms with Crippen molar-refractivity contribution in [1.82, 2.24) is 10.2 Å². The molecule has 4 nitrogen and oxygen atoms in total. The number of rotatable bonds is 6. The summed E-state index contributed by atoms with van der Waals surface area (Å²) in [4.78, 5) is 14.3. The van der Waals surface area contributed by atoms with E-state index in [1.54, 1.807) is 0 Å². The van der Waals surface area contributed by atoms with E-state index in [-0.39, 0.29) is 5.92 Å². The summed E-state index contributed by atoms with van der Waals surface area (Å²) in [5, 5.41) is 3.38. The first-order valence-electron chi connectivity index (χ1n) is 8.29. The number of piperidine rings is 1. The third kappa shape index (κ3) is 3.50. The van der Waals surface area contributed by atoms with Gasteiger partial charge in [-0.1, -0.05) is 30.3 Å². The Balaban J connectivity index is 1.37. The van der Waals surface area contributed by atoms with E-state index in [0.717, 1.165) is 32.4 Å². The van der Waals surface area contributed by atoms with Crippen LogP contribution in [-0.2, 0) is 16.1 Å². The normalized spacial score (nSPS) is 22.5. The van der Waals surface area contributed by atoms with Crippen molar-refractivity contribution in [3.05, 3.63) is 35.9 Å². The molecule has 120 valence electrons. The Hall–Kier alpha value is -1.39. The number of carbonyl (C=O) groups excluding carboxylic acids is 1. The lowest BCUT2D eigenvalue weighted by atomic mass is 9.91. The fraction of sp³-hybridized carbons (Fsp3) is 0.611. The number of hydrogen-bond acceptors (Lipinski definition) is 3. The van der Waals surface area contributed by atoms with Gasteiger partial charge in [0.05, 0.1) is 13.2 Å². The molecule has 1 aromatic rings. The first kappa shape index (κ1) is 15.5. The Kier molecular flexibility index (Phi) is 4.79. The third-order valence-electron chi connectivity index (χ3n) is 5.15. The first-order valence-corrected chi connectivity index (χ1v) is 8.29. The van der Waals surface area contributed by atoms with Crippen molar-refractivity contribution in [2.45, 2.75) is 25.9 Å². The minimum Gasteiger partial charge on any atom is -0.375 e. The molecule has 1 N–H and O–H groups in total. The first-order chi connectivity index (χ1) is 10.7. The van der Waals surface area contributed by atoms with E-state index in [9.17, 15) is 4.79 Å². The van der Waals surface area contributed by atoms with Gasteiger partial charge in [-0.15, -0.1) is 0 Å². The van der Waals surface area contributed by atoms with Crippen LogP contribution in [0.3, 0.4) is 0 Å². The van der Waals surface area contributed by atoms with Crippen LogP contribution in [-0.4, -0.2) is 44.1 Å². The lowest BCUT2D eigenvalue weighted by molar-refractivity contribution is -0.133. The minimum atomic E-state index is 0.258. The van der Waals surface area contributed by atoms with Gasteiger partial charge in [0.25, 0.3) is 0 Å². The topological polar surface area (TPSA) is 41.6 Å². The van der Waals surface area contributed by atoms with E-state index in [2.05, 4.69) is 17.4 Å². The average Bonchev–Trinajstić information content (AvgIpc) is 3.25. The largest absolute Gasteiger partial charge is 0.375 e. The predicted molar refractivity (Wildman–Crippen MR) is 86.4 cm³/mol. The number of hydrogen-bond donors (Lipinski definition) is 1. The van der Waals surface area contributed by atoms with Gasteiger partial charge in [0.2, 0.25) is 5.91 Å². The summed E-state index contributed by atoms with van der Waals surface area (Å²) in [6, 6.07) is 10.1. The zero-order chi connectivity index (χ0) is 15.4. The standard InChI is InChI=1S/C18H26N2O2/c1-20(11-12-22-14-15-5-3-2-4-6-15)17(21)16-13-18(16)7-9-19-10-8-18/h2-6,16,19H,7-14H2,1H3. The third-order valence-corrected chi connectivity index (χ3v) is 5.15. The molecule has 2 aliphatic rings. The van der Waals surface area contributed by atoms with Gasteiger partial charge in [0.15, 0.2) is 0 Å². The molecule has 1 aliphatic carbocycles. The van der Waals surface area contributed by atoms with Crippen LogP contribution in [0.25, 0.3) is 0 Å². The second-order valence-electron chi connectivity index (χ2n) is 6.67. The van der Waals surface area contributed by atoms with Gasteiger partial charge in [-0.3, -0.25) is 4.79 Å². The van der Waals surface area contributed by atoms with Crippen LogP contribution >= 0.6 is 0 Å². The average molecular weight is 302 g/mol. The van der Waals surface area contributed by atoms with Gasteiger partial charge in [0.1, 0.15) is 0 Å².